The first kappa shape index (κ1) is 13.2. The zero-order valence-electron chi connectivity index (χ0n) is 9.60. The van der Waals surface area contributed by atoms with Gasteiger partial charge in [-0.3, -0.25) is 4.79 Å². The first-order valence-electron chi connectivity index (χ1n) is 5.13. The SMILES string of the molecule is COCCOCC(=O)Nc1ccccc1C#N. The second kappa shape index (κ2) is 7.39. The van der Waals surface area contributed by atoms with E-state index in [4.69, 9.17) is 14.7 Å². The molecule has 1 amide bonds. The highest BCUT2D eigenvalue weighted by atomic mass is 16.5. The molecule has 0 saturated carbocycles. The lowest BCUT2D eigenvalue weighted by molar-refractivity contribution is -0.121. The number of amides is 1. The standard InChI is InChI=1S/C12H14N2O3/c1-16-6-7-17-9-12(15)14-11-5-3-2-4-10(11)8-13/h2-5H,6-7,9H2,1H3,(H,14,15). The van der Waals surface area contributed by atoms with Crippen molar-refractivity contribution in [2.75, 3.05) is 32.2 Å². The van der Waals surface area contributed by atoms with Crippen molar-refractivity contribution < 1.29 is 14.3 Å². The predicted molar refractivity (Wildman–Crippen MR) is 62.5 cm³/mol. The van der Waals surface area contributed by atoms with Crippen molar-refractivity contribution in [1.29, 1.82) is 5.26 Å². The lowest BCUT2D eigenvalue weighted by Gasteiger charge is -2.07. The second-order valence-corrected chi connectivity index (χ2v) is 3.25. The fourth-order valence-corrected chi connectivity index (χ4v) is 1.18. The van der Waals surface area contributed by atoms with Gasteiger partial charge in [-0.05, 0) is 12.1 Å². The van der Waals surface area contributed by atoms with Gasteiger partial charge in [0.05, 0.1) is 24.5 Å². The highest BCUT2D eigenvalue weighted by molar-refractivity contribution is 5.92. The predicted octanol–water partition coefficient (Wildman–Crippen LogP) is 1.16. The summed E-state index contributed by atoms with van der Waals surface area (Å²) in [5.74, 6) is -0.288. The van der Waals surface area contributed by atoms with Crippen molar-refractivity contribution in [3.05, 3.63) is 29.8 Å². The maximum atomic E-state index is 11.5. The zero-order chi connectivity index (χ0) is 12.5. The minimum absolute atomic E-state index is 0.0525. The molecule has 90 valence electrons. The van der Waals surface area contributed by atoms with Gasteiger partial charge in [-0.15, -0.1) is 0 Å². The molecule has 0 spiro atoms. The van der Waals surface area contributed by atoms with E-state index >= 15 is 0 Å². The number of nitrogens with zero attached hydrogens (tertiary/aromatic N) is 1. The molecule has 0 aliphatic rings. The molecule has 1 rings (SSSR count). The molecule has 0 bridgehead atoms. The van der Waals surface area contributed by atoms with E-state index in [1.807, 2.05) is 6.07 Å². The van der Waals surface area contributed by atoms with Crippen molar-refractivity contribution in [3.8, 4) is 6.07 Å². The van der Waals surface area contributed by atoms with Crippen LogP contribution in [-0.4, -0.2) is 32.8 Å². The van der Waals surface area contributed by atoms with Gasteiger partial charge in [0.1, 0.15) is 12.7 Å². The highest BCUT2D eigenvalue weighted by Crippen LogP contribution is 2.12. The number of ether oxygens (including phenoxy) is 2. The Morgan fingerprint density at radius 1 is 1.41 bits per heavy atom. The molecule has 0 heterocycles. The molecule has 1 aromatic carbocycles. The first-order chi connectivity index (χ1) is 8.27. The summed E-state index contributed by atoms with van der Waals surface area (Å²) in [7, 11) is 1.56. The van der Waals surface area contributed by atoms with Crippen LogP contribution < -0.4 is 5.32 Å². The third kappa shape index (κ3) is 4.64. The summed E-state index contributed by atoms with van der Waals surface area (Å²) >= 11 is 0. The van der Waals surface area contributed by atoms with Crippen LogP contribution >= 0.6 is 0 Å². The Labute approximate surface area is 100.0 Å². The van der Waals surface area contributed by atoms with Gasteiger partial charge in [0.25, 0.3) is 0 Å². The minimum atomic E-state index is -0.288. The topological polar surface area (TPSA) is 71.3 Å². The summed E-state index contributed by atoms with van der Waals surface area (Å²) in [5, 5.41) is 11.4. The number of anilines is 1. The molecule has 0 aromatic heterocycles. The molecule has 0 fully saturated rings. The fourth-order valence-electron chi connectivity index (χ4n) is 1.18. The van der Waals surface area contributed by atoms with Crippen LogP contribution in [0.2, 0.25) is 0 Å². The monoisotopic (exact) mass is 234 g/mol. The van der Waals surface area contributed by atoms with Crippen LogP contribution in [0.4, 0.5) is 5.69 Å². The zero-order valence-corrected chi connectivity index (χ0v) is 9.60. The van der Waals surface area contributed by atoms with Crippen LogP contribution in [0.5, 0.6) is 0 Å². The Hall–Kier alpha value is -1.90. The Kier molecular flexibility index (Phi) is 5.72. The van der Waals surface area contributed by atoms with Gasteiger partial charge in [-0.25, -0.2) is 0 Å². The van der Waals surface area contributed by atoms with Gasteiger partial charge >= 0.3 is 0 Å². The summed E-state index contributed by atoms with van der Waals surface area (Å²) in [5.41, 5.74) is 0.924. The average molecular weight is 234 g/mol. The summed E-state index contributed by atoms with van der Waals surface area (Å²) in [4.78, 5) is 11.5. The van der Waals surface area contributed by atoms with E-state index in [2.05, 4.69) is 5.32 Å². The molecule has 0 atom stereocenters. The molecule has 0 aliphatic heterocycles. The van der Waals surface area contributed by atoms with Crippen molar-refractivity contribution in [3.63, 3.8) is 0 Å². The number of carbonyl (C=O) groups is 1. The van der Waals surface area contributed by atoms with Gasteiger partial charge in [0, 0.05) is 7.11 Å². The number of carbonyl (C=O) groups excluding carboxylic acids is 1. The minimum Gasteiger partial charge on any atom is -0.382 e. The Balaban J connectivity index is 2.43. The van der Waals surface area contributed by atoms with Gasteiger partial charge in [-0.1, -0.05) is 12.1 Å². The number of nitrogens with one attached hydrogen (secondary N) is 1. The molecular weight excluding hydrogens is 220 g/mol. The lowest BCUT2D eigenvalue weighted by atomic mass is 10.2. The molecule has 5 nitrogen and oxygen atoms in total. The molecule has 0 radical (unpaired) electrons. The summed E-state index contributed by atoms with van der Waals surface area (Å²) < 4.78 is 9.84. The molecule has 0 aliphatic carbocycles. The van der Waals surface area contributed by atoms with E-state index in [-0.39, 0.29) is 12.5 Å². The van der Waals surface area contributed by atoms with Crippen molar-refractivity contribution >= 4 is 11.6 Å². The van der Waals surface area contributed by atoms with E-state index < -0.39 is 0 Å². The van der Waals surface area contributed by atoms with E-state index in [0.717, 1.165) is 0 Å². The highest BCUT2D eigenvalue weighted by Gasteiger charge is 2.05. The number of para-hydroxylation sites is 1. The number of methoxy groups -OCH3 is 1. The number of nitriles is 1. The summed E-state index contributed by atoms with van der Waals surface area (Å²) in [6.07, 6.45) is 0. The molecule has 5 heteroatoms. The quantitative estimate of drug-likeness (QED) is 0.750. The van der Waals surface area contributed by atoms with Crippen molar-refractivity contribution in [1.82, 2.24) is 0 Å². The largest absolute Gasteiger partial charge is 0.382 e. The van der Waals surface area contributed by atoms with Crippen LogP contribution in [0, 0.1) is 11.3 Å². The molecule has 1 aromatic rings. The third-order valence-electron chi connectivity index (χ3n) is 1.99. The van der Waals surface area contributed by atoms with Crippen LogP contribution in [-0.2, 0) is 14.3 Å². The van der Waals surface area contributed by atoms with Crippen LogP contribution in [0.15, 0.2) is 24.3 Å². The molecule has 17 heavy (non-hydrogen) atoms. The van der Waals surface area contributed by atoms with Gasteiger partial charge < -0.3 is 14.8 Å². The van der Waals surface area contributed by atoms with E-state index in [0.29, 0.717) is 24.5 Å². The smallest absolute Gasteiger partial charge is 0.250 e. The van der Waals surface area contributed by atoms with Crippen LogP contribution in [0.1, 0.15) is 5.56 Å². The number of rotatable bonds is 6. The first-order valence-corrected chi connectivity index (χ1v) is 5.13. The summed E-state index contributed by atoms with van der Waals surface area (Å²) in [6, 6.07) is 8.81. The fraction of sp³-hybridized carbons (Fsp3) is 0.333. The van der Waals surface area contributed by atoms with Crippen LogP contribution in [0.25, 0.3) is 0 Å². The lowest BCUT2D eigenvalue weighted by Crippen LogP contribution is -2.20. The van der Waals surface area contributed by atoms with Crippen LogP contribution in [0.3, 0.4) is 0 Å². The van der Waals surface area contributed by atoms with Gasteiger partial charge in [-0.2, -0.15) is 5.26 Å². The van der Waals surface area contributed by atoms with E-state index in [9.17, 15) is 4.79 Å². The molecule has 1 N–H and O–H groups in total. The Morgan fingerprint density at radius 2 is 2.18 bits per heavy atom. The summed E-state index contributed by atoms with van der Waals surface area (Å²) in [6.45, 7) is 0.759. The van der Waals surface area contributed by atoms with Gasteiger partial charge in [0.15, 0.2) is 0 Å². The van der Waals surface area contributed by atoms with Crippen molar-refractivity contribution in [2.24, 2.45) is 0 Å². The molecular formula is C12H14N2O3. The Bertz CT molecular complexity index is 412. The van der Waals surface area contributed by atoms with Crippen molar-refractivity contribution in [2.45, 2.75) is 0 Å². The number of benzene rings is 1. The van der Waals surface area contributed by atoms with E-state index in [1.54, 1.807) is 31.4 Å². The third-order valence-corrected chi connectivity index (χ3v) is 1.99. The molecule has 0 unspecified atom stereocenters. The number of hydrogen-bond donors (Lipinski definition) is 1. The van der Waals surface area contributed by atoms with Gasteiger partial charge in [0.2, 0.25) is 5.91 Å². The normalized spacial score (nSPS) is 9.65. The second-order valence-electron chi connectivity index (χ2n) is 3.25. The maximum absolute atomic E-state index is 11.5. The Morgan fingerprint density at radius 3 is 2.88 bits per heavy atom. The molecule has 0 saturated heterocycles. The number of hydrogen-bond acceptors (Lipinski definition) is 4. The maximum Gasteiger partial charge on any atom is 0.250 e. The van der Waals surface area contributed by atoms with E-state index in [1.165, 1.54) is 0 Å². The average Bonchev–Trinajstić information content (AvgIpc) is 2.35.